The highest BCUT2D eigenvalue weighted by Crippen LogP contribution is 2.28. The normalized spacial score (nSPS) is 11.9. The number of carbonyl (C=O) groups excluding carboxylic acids is 2. The summed E-state index contributed by atoms with van der Waals surface area (Å²) in [7, 11) is -2.73. The molecule has 230 valence electrons. The number of ether oxygens (including phenoxy) is 1. The Morgan fingerprint density at radius 1 is 0.864 bits per heavy atom. The van der Waals surface area contributed by atoms with E-state index in [1.807, 2.05) is 44.2 Å². The number of nitrogens with zero attached hydrogens (tertiary/aromatic N) is 2. The summed E-state index contributed by atoms with van der Waals surface area (Å²) in [5.41, 5.74) is 1.71. The lowest BCUT2D eigenvalue weighted by atomic mass is 10.0. The summed E-state index contributed by atoms with van der Waals surface area (Å²) in [5.74, 6) is -0.510. The van der Waals surface area contributed by atoms with Crippen LogP contribution in [-0.4, -0.2) is 50.9 Å². The van der Waals surface area contributed by atoms with Crippen molar-refractivity contribution in [2.75, 3.05) is 18.0 Å². The Kier molecular flexibility index (Phi) is 11.0. The van der Waals surface area contributed by atoms with Crippen LogP contribution in [0.15, 0.2) is 114 Å². The molecule has 1 N–H and O–H groups in total. The number of hydrogen-bond acceptors (Lipinski definition) is 5. The number of amides is 2. The van der Waals surface area contributed by atoms with Crippen LogP contribution in [-0.2, 0) is 32.6 Å². The van der Waals surface area contributed by atoms with Gasteiger partial charge in [-0.1, -0.05) is 84.4 Å². The molecular formula is C34H36ClN3O5S. The molecule has 10 heteroatoms. The van der Waals surface area contributed by atoms with Crippen LogP contribution in [0, 0.1) is 0 Å². The van der Waals surface area contributed by atoms with Gasteiger partial charge in [-0.25, -0.2) is 8.42 Å². The predicted octanol–water partition coefficient (Wildman–Crippen LogP) is 5.71. The van der Waals surface area contributed by atoms with E-state index >= 15 is 0 Å². The average molecular weight is 634 g/mol. The summed E-state index contributed by atoms with van der Waals surface area (Å²) in [6.07, 6.45) is 0.209. The lowest BCUT2D eigenvalue weighted by molar-refractivity contribution is -0.140. The number of hydrogen-bond donors (Lipinski definition) is 1. The number of sulfonamides is 1. The Balaban J connectivity index is 1.82. The van der Waals surface area contributed by atoms with E-state index in [1.165, 1.54) is 24.1 Å². The zero-order valence-corrected chi connectivity index (χ0v) is 26.5. The highest BCUT2D eigenvalue weighted by molar-refractivity contribution is 7.92. The van der Waals surface area contributed by atoms with Crippen molar-refractivity contribution in [1.29, 1.82) is 0 Å². The van der Waals surface area contributed by atoms with Crippen LogP contribution in [0.25, 0.3) is 0 Å². The molecule has 8 nitrogen and oxygen atoms in total. The van der Waals surface area contributed by atoms with Crippen molar-refractivity contribution >= 4 is 39.1 Å². The van der Waals surface area contributed by atoms with E-state index < -0.39 is 28.5 Å². The van der Waals surface area contributed by atoms with Crippen molar-refractivity contribution in [3.63, 3.8) is 0 Å². The maximum absolute atomic E-state index is 14.5. The monoisotopic (exact) mass is 633 g/mol. The van der Waals surface area contributed by atoms with Crippen molar-refractivity contribution in [2.24, 2.45) is 0 Å². The van der Waals surface area contributed by atoms with Crippen LogP contribution in [0.2, 0.25) is 5.02 Å². The highest BCUT2D eigenvalue weighted by Gasteiger charge is 2.35. The molecule has 0 radical (unpaired) electrons. The van der Waals surface area contributed by atoms with Gasteiger partial charge >= 0.3 is 0 Å². The van der Waals surface area contributed by atoms with Crippen LogP contribution in [0.4, 0.5) is 5.69 Å². The minimum Gasteiger partial charge on any atom is -0.497 e. The first-order valence-corrected chi connectivity index (χ1v) is 16.0. The predicted molar refractivity (Wildman–Crippen MR) is 173 cm³/mol. The van der Waals surface area contributed by atoms with Gasteiger partial charge in [0.15, 0.2) is 0 Å². The average Bonchev–Trinajstić information content (AvgIpc) is 3.02. The first-order chi connectivity index (χ1) is 21.1. The summed E-state index contributed by atoms with van der Waals surface area (Å²) < 4.78 is 34.5. The Bertz CT molecular complexity index is 1670. The second kappa shape index (κ2) is 14.9. The fourth-order valence-electron chi connectivity index (χ4n) is 4.76. The molecule has 4 rings (SSSR count). The maximum Gasteiger partial charge on any atom is 0.264 e. The fourth-order valence-corrected chi connectivity index (χ4v) is 6.38. The van der Waals surface area contributed by atoms with Gasteiger partial charge in [0.25, 0.3) is 10.0 Å². The molecule has 4 aromatic rings. The fraction of sp³-hybridized carbons (Fsp3) is 0.235. The zero-order chi connectivity index (χ0) is 31.7. The molecule has 0 heterocycles. The van der Waals surface area contributed by atoms with Crippen LogP contribution >= 0.6 is 11.6 Å². The summed E-state index contributed by atoms with van der Waals surface area (Å²) in [4.78, 5) is 29.6. The number of carbonyl (C=O) groups is 2. The van der Waals surface area contributed by atoms with E-state index in [0.717, 1.165) is 9.87 Å². The van der Waals surface area contributed by atoms with Gasteiger partial charge < -0.3 is 15.0 Å². The van der Waals surface area contributed by atoms with Gasteiger partial charge in [-0.3, -0.25) is 13.9 Å². The topological polar surface area (TPSA) is 96.0 Å². The van der Waals surface area contributed by atoms with Gasteiger partial charge in [0.1, 0.15) is 18.3 Å². The number of methoxy groups -OCH3 is 1. The quantitative estimate of drug-likeness (QED) is 0.204. The molecule has 0 saturated carbocycles. The molecule has 0 fully saturated rings. The van der Waals surface area contributed by atoms with Gasteiger partial charge in [-0.15, -0.1) is 0 Å². The summed E-state index contributed by atoms with van der Waals surface area (Å²) in [6, 6.07) is 29.7. The molecular weight excluding hydrogens is 598 g/mol. The molecule has 0 aliphatic rings. The smallest absolute Gasteiger partial charge is 0.264 e. The number of benzene rings is 4. The number of nitrogens with one attached hydrogen (secondary N) is 1. The van der Waals surface area contributed by atoms with E-state index in [0.29, 0.717) is 16.3 Å². The number of anilines is 1. The first kappa shape index (κ1) is 32.6. The van der Waals surface area contributed by atoms with E-state index in [9.17, 15) is 18.0 Å². The molecule has 44 heavy (non-hydrogen) atoms. The van der Waals surface area contributed by atoms with Crippen LogP contribution < -0.4 is 14.4 Å². The van der Waals surface area contributed by atoms with Crippen LogP contribution in [0.3, 0.4) is 0 Å². The second-order valence-electron chi connectivity index (χ2n) is 10.5. The third kappa shape index (κ3) is 8.18. The van der Waals surface area contributed by atoms with Gasteiger partial charge in [-0.05, 0) is 55.3 Å². The van der Waals surface area contributed by atoms with Crippen molar-refractivity contribution in [2.45, 2.75) is 43.8 Å². The largest absolute Gasteiger partial charge is 0.497 e. The third-order valence-electron chi connectivity index (χ3n) is 6.95. The first-order valence-electron chi connectivity index (χ1n) is 14.2. The van der Waals surface area contributed by atoms with Crippen LogP contribution in [0.1, 0.15) is 25.0 Å². The lowest BCUT2D eigenvalue weighted by Crippen LogP contribution is -2.54. The van der Waals surface area contributed by atoms with Crippen molar-refractivity contribution < 1.29 is 22.7 Å². The van der Waals surface area contributed by atoms with Crippen molar-refractivity contribution in [3.05, 3.63) is 125 Å². The minimum atomic E-state index is -4.21. The van der Waals surface area contributed by atoms with Gasteiger partial charge in [0, 0.05) is 30.1 Å². The molecule has 1 unspecified atom stereocenters. The molecule has 0 aliphatic carbocycles. The molecule has 0 spiro atoms. The Morgan fingerprint density at radius 3 is 2.14 bits per heavy atom. The van der Waals surface area contributed by atoms with Crippen LogP contribution in [0.5, 0.6) is 5.75 Å². The summed E-state index contributed by atoms with van der Waals surface area (Å²) >= 11 is 6.53. The Hall–Kier alpha value is -4.34. The lowest BCUT2D eigenvalue weighted by Gasteiger charge is -2.34. The molecule has 0 aliphatic heterocycles. The van der Waals surface area contributed by atoms with E-state index in [4.69, 9.17) is 16.3 Å². The standard InChI is InChI=1S/C34H36ClN3O5S/c1-25(2)36-34(40)32(21-26-13-6-4-7-14-26)37(23-27-15-10-11-20-31(27)35)33(39)24-38(28-16-12-17-29(22-28)43-3)44(41,42)30-18-8-5-9-19-30/h4-20,22,25,32H,21,23-24H2,1-3H3,(H,36,40). The maximum atomic E-state index is 14.5. The van der Waals surface area contributed by atoms with Gasteiger partial charge in [0.2, 0.25) is 11.8 Å². The molecule has 2 amide bonds. The Labute approximate surface area is 264 Å². The zero-order valence-electron chi connectivity index (χ0n) is 24.9. The minimum absolute atomic E-state index is 0.0150. The molecule has 0 aromatic heterocycles. The molecule has 1 atom stereocenters. The number of rotatable bonds is 13. The van der Waals surface area contributed by atoms with Gasteiger partial charge in [-0.2, -0.15) is 0 Å². The number of halogens is 1. The summed E-state index contributed by atoms with van der Waals surface area (Å²) in [5, 5.41) is 3.37. The molecule has 0 bridgehead atoms. The van der Waals surface area contributed by atoms with Crippen molar-refractivity contribution in [1.82, 2.24) is 10.2 Å². The third-order valence-corrected chi connectivity index (χ3v) is 9.11. The molecule has 0 saturated heterocycles. The Morgan fingerprint density at radius 2 is 1.50 bits per heavy atom. The van der Waals surface area contributed by atoms with E-state index in [-0.39, 0.29) is 35.5 Å². The summed E-state index contributed by atoms with van der Waals surface area (Å²) in [6.45, 7) is 3.09. The van der Waals surface area contributed by atoms with E-state index in [2.05, 4.69) is 5.32 Å². The van der Waals surface area contributed by atoms with Gasteiger partial charge in [0.05, 0.1) is 17.7 Å². The molecule has 4 aromatic carbocycles. The SMILES string of the molecule is COc1cccc(N(CC(=O)N(Cc2ccccc2Cl)C(Cc2ccccc2)C(=O)NC(C)C)S(=O)(=O)c2ccccc2)c1. The second-order valence-corrected chi connectivity index (χ2v) is 12.8. The van der Waals surface area contributed by atoms with E-state index in [1.54, 1.807) is 66.7 Å². The van der Waals surface area contributed by atoms with Crippen molar-refractivity contribution in [3.8, 4) is 5.75 Å². The highest BCUT2D eigenvalue weighted by atomic mass is 35.5.